The molecule has 1 unspecified atom stereocenters. The van der Waals surface area contributed by atoms with Crippen molar-refractivity contribution in [2.45, 2.75) is 25.9 Å². The molecule has 2 aromatic rings. The van der Waals surface area contributed by atoms with Crippen molar-refractivity contribution in [1.29, 1.82) is 0 Å². The summed E-state index contributed by atoms with van der Waals surface area (Å²) in [5.41, 5.74) is 6.35. The van der Waals surface area contributed by atoms with Gasteiger partial charge >= 0.3 is 0 Å². The molecule has 0 aliphatic carbocycles. The summed E-state index contributed by atoms with van der Waals surface area (Å²) >= 11 is 0. The highest BCUT2D eigenvalue weighted by atomic mass is 16.5. The summed E-state index contributed by atoms with van der Waals surface area (Å²) in [6.45, 7) is 3.67. The van der Waals surface area contributed by atoms with Gasteiger partial charge in [0.05, 0.1) is 18.3 Å². The number of hydrogen-bond acceptors (Lipinski definition) is 4. The van der Waals surface area contributed by atoms with Crippen LogP contribution in [0.15, 0.2) is 30.5 Å². The second-order valence-corrected chi connectivity index (χ2v) is 4.64. The van der Waals surface area contributed by atoms with Crippen LogP contribution in [0.5, 0.6) is 5.75 Å². The number of ether oxygens (including phenoxy) is 1. The van der Waals surface area contributed by atoms with E-state index in [1.54, 1.807) is 6.20 Å². The van der Waals surface area contributed by atoms with Crippen molar-refractivity contribution in [2.24, 2.45) is 5.84 Å². The van der Waals surface area contributed by atoms with E-state index in [-0.39, 0.29) is 6.04 Å². The highest BCUT2D eigenvalue weighted by Crippen LogP contribution is 2.30. The normalized spacial score (nSPS) is 15.1. The van der Waals surface area contributed by atoms with Gasteiger partial charge in [-0.1, -0.05) is 6.07 Å². The summed E-state index contributed by atoms with van der Waals surface area (Å²) < 4.78 is 7.49. The SMILES string of the molecule is CCn1nccc1C(NN)c1ccc2c(c1)CCO2. The summed E-state index contributed by atoms with van der Waals surface area (Å²) in [6.07, 6.45) is 2.77. The van der Waals surface area contributed by atoms with Crippen LogP contribution >= 0.6 is 0 Å². The minimum Gasteiger partial charge on any atom is -0.493 e. The topological polar surface area (TPSA) is 65.1 Å². The molecule has 1 aliphatic rings. The van der Waals surface area contributed by atoms with Crippen LogP contribution in [-0.4, -0.2) is 16.4 Å². The largest absolute Gasteiger partial charge is 0.493 e. The zero-order chi connectivity index (χ0) is 13.2. The van der Waals surface area contributed by atoms with Gasteiger partial charge in [0.15, 0.2) is 0 Å². The summed E-state index contributed by atoms with van der Waals surface area (Å²) in [5.74, 6) is 6.73. The van der Waals surface area contributed by atoms with Crippen molar-refractivity contribution >= 4 is 0 Å². The minimum absolute atomic E-state index is 0.0478. The molecule has 1 atom stereocenters. The molecule has 0 spiro atoms. The van der Waals surface area contributed by atoms with E-state index in [0.29, 0.717) is 0 Å². The molecular weight excluding hydrogens is 240 g/mol. The second-order valence-electron chi connectivity index (χ2n) is 4.64. The monoisotopic (exact) mass is 258 g/mol. The van der Waals surface area contributed by atoms with E-state index in [0.717, 1.165) is 36.6 Å². The summed E-state index contributed by atoms with van der Waals surface area (Å²) in [7, 11) is 0. The maximum atomic E-state index is 5.74. The number of rotatable bonds is 4. The number of nitrogens with zero attached hydrogens (tertiary/aromatic N) is 2. The quantitative estimate of drug-likeness (QED) is 0.642. The van der Waals surface area contributed by atoms with Crippen molar-refractivity contribution in [2.75, 3.05) is 6.61 Å². The van der Waals surface area contributed by atoms with Crippen LogP contribution in [0.1, 0.15) is 29.8 Å². The molecule has 0 bridgehead atoms. The Morgan fingerprint density at radius 2 is 2.37 bits per heavy atom. The summed E-state index contributed by atoms with van der Waals surface area (Å²) in [6, 6.07) is 8.20. The molecule has 1 aromatic heterocycles. The predicted molar refractivity (Wildman–Crippen MR) is 72.7 cm³/mol. The molecule has 5 nitrogen and oxygen atoms in total. The van der Waals surface area contributed by atoms with Crippen molar-refractivity contribution in [3.05, 3.63) is 47.3 Å². The van der Waals surface area contributed by atoms with Crippen LogP contribution in [0.25, 0.3) is 0 Å². The average molecular weight is 258 g/mol. The molecule has 19 heavy (non-hydrogen) atoms. The average Bonchev–Trinajstić information content (AvgIpc) is 3.07. The molecule has 0 fully saturated rings. The highest BCUT2D eigenvalue weighted by molar-refractivity contribution is 5.42. The number of aromatic nitrogens is 2. The Morgan fingerprint density at radius 3 is 3.16 bits per heavy atom. The number of benzene rings is 1. The van der Waals surface area contributed by atoms with Gasteiger partial charge in [0.1, 0.15) is 5.75 Å². The lowest BCUT2D eigenvalue weighted by molar-refractivity contribution is 0.356. The van der Waals surface area contributed by atoms with Gasteiger partial charge in [-0.2, -0.15) is 5.10 Å². The zero-order valence-corrected chi connectivity index (χ0v) is 11.0. The number of aryl methyl sites for hydroxylation is 1. The van der Waals surface area contributed by atoms with Crippen LogP contribution in [0.2, 0.25) is 0 Å². The van der Waals surface area contributed by atoms with Gasteiger partial charge in [-0.25, -0.2) is 5.43 Å². The van der Waals surface area contributed by atoms with Crippen LogP contribution in [-0.2, 0) is 13.0 Å². The number of fused-ring (bicyclic) bond motifs is 1. The maximum Gasteiger partial charge on any atom is 0.122 e. The van der Waals surface area contributed by atoms with E-state index < -0.39 is 0 Å². The molecule has 5 heteroatoms. The second kappa shape index (κ2) is 5.03. The Balaban J connectivity index is 1.98. The lowest BCUT2D eigenvalue weighted by atomic mass is 10.0. The molecule has 0 saturated heterocycles. The molecule has 3 N–H and O–H groups in total. The van der Waals surface area contributed by atoms with E-state index in [4.69, 9.17) is 10.6 Å². The number of nitrogens with two attached hydrogens (primary N) is 1. The molecule has 1 aliphatic heterocycles. The van der Waals surface area contributed by atoms with Crippen molar-refractivity contribution in [1.82, 2.24) is 15.2 Å². The highest BCUT2D eigenvalue weighted by Gasteiger charge is 2.19. The van der Waals surface area contributed by atoms with Gasteiger partial charge in [-0.3, -0.25) is 10.5 Å². The molecule has 100 valence electrons. The molecule has 0 radical (unpaired) electrons. The molecule has 0 saturated carbocycles. The van der Waals surface area contributed by atoms with Gasteiger partial charge in [-0.15, -0.1) is 0 Å². The van der Waals surface area contributed by atoms with Gasteiger partial charge in [0, 0.05) is 19.2 Å². The van der Waals surface area contributed by atoms with E-state index in [1.807, 2.05) is 16.8 Å². The Kier molecular flexibility index (Phi) is 3.23. The Labute approximate surface area is 112 Å². The van der Waals surface area contributed by atoms with Crippen LogP contribution in [0.3, 0.4) is 0 Å². The Morgan fingerprint density at radius 1 is 1.47 bits per heavy atom. The van der Waals surface area contributed by atoms with Gasteiger partial charge < -0.3 is 4.74 Å². The number of hydrogen-bond donors (Lipinski definition) is 2. The fourth-order valence-corrected chi connectivity index (χ4v) is 2.59. The van der Waals surface area contributed by atoms with Crippen LogP contribution in [0.4, 0.5) is 0 Å². The first-order valence-corrected chi connectivity index (χ1v) is 6.57. The van der Waals surface area contributed by atoms with Crippen LogP contribution < -0.4 is 16.0 Å². The maximum absolute atomic E-state index is 5.74. The summed E-state index contributed by atoms with van der Waals surface area (Å²) in [5, 5.41) is 4.30. The van der Waals surface area contributed by atoms with E-state index in [2.05, 4.69) is 29.6 Å². The number of nitrogens with one attached hydrogen (secondary N) is 1. The third-order valence-corrected chi connectivity index (χ3v) is 3.56. The lowest BCUT2D eigenvalue weighted by Crippen LogP contribution is -2.30. The van der Waals surface area contributed by atoms with Gasteiger partial charge in [0.2, 0.25) is 0 Å². The fraction of sp³-hybridized carbons (Fsp3) is 0.357. The summed E-state index contributed by atoms with van der Waals surface area (Å²) in [4.78, 5) is 0. The molecular formula is C14H18N4O. The van der Waals surface area contributed by atoms with E-state index in [9.17, 15) is 0 Å². The predicted octanol–water partition coefficient (Wildman–Crippen LogP) is 1.39. The van der Waals surface area contributed by atoms with Crippen molar-refractivity contribution < 1.29 is 4.74 Å². The Hall–Kier alpha value is -1.85. The first-order chi connectivity index (χ1) is 9.33. The van der Waals surface area contributed by atoms with Gasteiger partial charge in [0.25, 0.3) is 0 Å². The standard InChI is InChI=1S/C14H18N4O/c1-2-18-12(5-7-16-18)14(17-15)11-3-4-13-10(9-11)6-8-19-13/h3-5,7,9,14,17H,2,6,8,15H2,1H3. The smallest absolute Gasteiger partial charge is 0.122 e. The molecule has 0 amide bonds. The minimum atomic E-state index is -0.0478. The van der Waals surface area contributed by atoms with Crippen molar-refractivity contribution in [3.63, 3.8) is 0 Å². The van der Waals surface area contributed by atoms with E-state index >= 15 is 0 Å². The van der Waals surface area contributed by atoms with Crippen LogP contribution in [0, 0.1) is 0 Å². The third-order valence-electron chi connectivity index (χ3n) is 3.56. The first-order valence-electron chi connectivity index (χ1n) is 6.57. The van der Waals surface area contributed by atoms with Crippen molar-refractivity contribution in [3.8, 4) is 5.75 Å². The third kappa shape index (κ3) is 2.11. The first kappa shape index (κ1) is 12.2. The molecule has 2 heterocycles. The number of hydrazine groups is 1. The molecule has 1 aromatic carbocycles. The zero-order valence-electron chi connectivity index (χ0n) is 11.0. The Bertz CT molecular complexity index is 579. The fourth-order valence-electron chi connectivity index (χ4n) is 2.59. The van der Waals surface area contributed by atoms with E-state index in [1.165, 1.54) is 5.56 Å². The molecule has 3 rings (SSSR count). The van der Waals surface area contributed by atoms with Gasteiger partial charge in [-0.05, 0) is 36.2 Å². The lowest BCUT2D eigenvalue weighted by Gasteiger charge is -2.18.